The molecule has 0 aliphatic carbocycles. The molecule has 0 saturated carbocycles. The summed E-state index contributed by atoms with van der Waals surface area (Å²) in [6, 6.07) is 11.0. The molecule has 118 valence electrons. The number of methoxy groups -OCH3 is 1. The Morgan fingerprint density at radius 2 is 1.77 bits per heavy atom. The van der Waals surface area contributed by atoms with E-state index in [1.54, 1.807) is 30.3 Å². The van der Waals surface area contributed by atoms with Crippen molar-refractivity contribution < 1.29 is 17.5 Å². The van der Waals surface area contributed by atoms with Crippen LogP contribution in [0.15, 0.2) is 47.4 Å². The van der Waals surface area contributed by atoms with Gasteiger partial charge in [0.2, 0.25) is 10.0 Å². The smallest absolute Gasteiger partial charge is 0.243 e. The minimum absolute atomic E-state index is 0.0805. The van der Waals surface area contributed by atoms with Crippen molar-refractivity contribution >= 4 is 10.0 Å². The molecule has 0 bridgehead atoms. The molecule has 0 aliphatic heterocycles. The molecule has 6 heteroatoms. The molecule has 4 nitrogen and oxygen atoms in total. The van der Waals surface area contributed by atoms with Gasteiger partial charge in [0.25, 0.3) is 0 Å². The zero-order chi connectivity index (χ0) is 16.3. The predicted octanol–water partition coefficient (Wildman–Crippen LogP) is 2.96. The second-order valence-electron chi connectivity index (χ2n) is 5.04. The van der Waals surface area contributed by atoms with Crippen LogP contribution in [0.25, 0.3) is 0 Å². The number of benzene rings is 2. The van der Waals surface area contributed by atoms with Crippen molar-refractivity contribution in [1.82, 2.24) is 4.31 Å². The van der Waals surface area contributed by atoms with E-state index >= 15 is 0 Å². The molecule has 0 heterocycles. The van der Waals surface area contributed by atoms with Crippen molar-refractivity contribution in [2.45, 2.75) is 18.4 Å². The zero-order valence-electron chi connectivity index (χ0n) is 12.7. The average Bonchev–Trinajstić information content (AvgIpc) is 2.48. The lowest BCUT2D eigenvalue weighted by Crippen LogP contribution is -2.26. The van der Waals surface area contributed by atoms with Gasteiger partial charge < -0.3 is 4.74 Å². The highest BCUT2D eigenvalue weighted by atomic mass is 32.2. The quantitative estimate of drug-likeness (QED) is 0.850. The number of ether oxygens (including phenoxy) is 1. The lowest BCUT2D eigenvalue weighted by atomic mass is 10.2. The third-order valence-electron chi connectivity index (χ3n) is 3.35. The summed E-state index contributed by atoms with van der Waals surface area (Å²) in [4.78, 5) is 0.217. The normalized spacial score (nSPS) is 11.7. The van der Waals surface area contributed by atoms with Crippen molar-refractivity contribution in [2.24, 2.45) is 0 Å². The first kappa shape index (κ1) is 16.5. The number of aryl methyl sites for hydroxylation is 1. The van der Waals surface area contributed by atoms with Gasteiger partial charge in [0.1, 0.15) is 0 Å². The average molecular weight is 323 g/mol. The number of sulfonamides is 1. The van der Waals surface area contributed by atoms with Crippen LogP contribution in [0.5, 0.6) is 5.75 Å². The first-order valence-electron chi connectivity index (χ1n) is 6.70. The largest absolute Gasteiger partial charge is 0.494 e. The maximum atomic E-state index is 13.7. The fraction of sp³-hybridized carbons (Fsp3) is 0.250. The first-order valence-corrected chi connectivity index (χ1v) is 8.14. The van der Waals surface area contributed by atoms with Gasteiger partial charge in [-0.3, -0.25) is 0 Å². The van der Waals surface area contributed by atoms with Crippen LogP contribution in [0.3, 0.4) is 0 Å². The van der Waals surface area contributed by atoms with E-state index < -0.39 is 15.8 Å². The Morgan fingerprint density at radius 1 is 1.14 bits per heavy atom. The van der Waals surface area contributed by atoms with Crippen LogP contribution in [-0.4, -0.2) is 26.9 Å². The van der Waals surface area contributed by atoms with Gasteiger partial charge in [-0.1, -0.05) is 23.8 Å². The summed E-state index contributed by atoms with van der Waals surface area (Å²) in [7, 11) is -0.752. The molecule has 0 fully saturated rings. The van der Waals surface area contributed by atoms with E-state index in [1.165, 1.54) is 30.6 Å². The summed E-state index contributed by atoms with van der Waals surface area (Å²) in [5.41, 5.74) is 1.54. The van der Waals surface area contributed by atoms with Crippen LogP contribution in [0.4, 0.5) is 4.39 Å². The van der Waals surface area contributed by atoms with Gasteiger partial charge in [0, 0.05) is 13.6 Å². The highest BCUT2D eigenvalue weighted by Crippen LogP contribution is 2.21. The number of hydrogen-bond acceptors (Lipinski definition) is 3. The first-order chi connectivity index (χ1) is 10.3. The Morgan fingerprint density at radius 3 is 2.32 bits per heavy atom. The molecular weight excluding hydrogens is 305 g/mol. The Labute approximate surface area is 130 Å². The fourth-order valence-corrected chi connectivity index (χ4v) is 3.20. The SMILES string of the molecule is COc1ccc(CN(C)S(=O)(=O)c2ccc(C)cc2)cc1F. The van der Waals surface area contributed by atoms with Gasteiger partial charge in [0.05, 0.1) is 12.0 Å². The van der Waals surface area contributed by atoms with Crippen LogP contribution < -0.4 is 4.74 Å². The number of nitrogens with zero attached hydrogens (tertiary/aromatic N) is 1. The molecule has 0 amide bonds. The van der Waals surface area contributed by atoms with Crippen LogP contribution in [0.1, 0.15) is 11.1 Å². The maximum Gasteiger partial charge on any atom is 0.243 e. The third-order valence-corrected chi connectivity index (χ3v) is 5.17. The molecule has 0 aromatic heterocycles. The van der Waals surface area contributed by atoms with Crippen molar-refractivity contribution in [1.29, 1.82) is 0 Å². The fourth-order valence-electron chi connectivity index (χ4n) is 2.04. The summed E-state index contributed by atoms with van der Waals surface area (Å²) < 4.78 is 44.6. The Hall–Kier alpha value is -1.92. The Kier molecular flexibility index (Phi) is 4.83. The maximum absolute atomic E-state index is 13.7. The Balaban J connectivity index is 2.22. The molecule has 0 aliphatic rings. The molecule has 0 atom stereocenters. The second-order valence-corrected chi connectivity index (χ2v) is 7.09. The van der Waals surface area contributed by atoms with Gasteiger partial charge in [-0.2, -0.15) is 4.31 Å². The van der Waals surface area contributed by atoms with E-state index in [0.717, 1.165) is 5.56 Å². The monoisotopic (exact) mass is 323 g/mol. The molecule has 0 N–H and O–H groups in total. The van der Waals surface area contributed by atoms with Crippen LogP contribution in [0.2, 0.25) is 0 Å². The molecule has 0 saturated heterocycles. The summed E-state index contributed by atoms with van der Waals surface area (Å²) in [5.74, 6) is -0.381. The second kappa shape index (κ2) is 6.46. The summed E-state index contributed by atoms with van der Waals surface area (Å²) in [6.07, 6.45) is 0. The van der Waals surface area contributed by atoms with E-state index in [-0.39, 0.29) is 17.2 Å². The lowest BCUT2D eigenvalue weighted by molar-refractivity contribution is 0.385. The standard InChI is InChI=1S/C16H18FNO3S/c1-12-4-7-14(8-5-12)22(19,20)18(2)11-13-6-9-16(21-3)15(17)10-13/h4-10H,11H2,1-3H3. The van der Waals surface area contributed by atoms with Crippen molar-refractivity contribution in [3.8, 4) is 5.75 Å². The van der Waals surface area contributed by atoms with Gasteiger partial charge in [-0.15, -0.1) is 0 Å². The molecule has 2 rings (SSSR count). The lowest BCUT2D eigenvalue weighted by Gasteiger charge is -2.17. The molecule has 0 unspecified atom stereocenters. The zero-order valence-corrected chi connectivity index (χ0v) is 13.5. The van der Waals surface area contributed by atoms with Gasteiger partial charge in [-0.25, -0.2) is 12.8 Å². The van der Waals surface area contributed by atoms with E-state index in [2.05, 4.69) is 0 Å². The van der Waals surface area contributed by atoms with E-state index in [4.69, 9.17) is 4.74 Å². The van der Waals surface area contributed by atoms with E-state index in [9.17, 15) is 12.8 Å². The summed E-state index contributed by atoms with van der Waals surface area (Å²) in [6.45, 7) is 1.97. The number of hydrogen-bond donors (Lipinski definition) is 0. The van der Waals surface area contributed by atoms with Crippen LogP contribution in [-0.2, 0) is 16.6 Å². The molecular formula is C16H18FNO3S. The Bertz CT molecular complexity index is 757. The van der Waals surface area contributed by atoms with Crippen molar-refractivity contribution in [2.75, 3.05) is 14.2 Å². The highest BCUT2D eigenvalue weighted by Gasteiger charge is 2.21. The predicted molar refractivity (Wildman–Crippen MR) is 82.8 cm³/mol. The highest BCUT2D eigenvalue weighted by molar-refractivity contribution is 7.89. The van der Waals surface area contributed by atoms with Crippen LogP contribution >= 0.6 is 0 Å². The number of halogens is 1. The van der Waals surface area contributed by atoms with Gasteiger partial charge in [-0.05, 0) is 36.8 Å². The van der Waals surface area contributed by atoms with Gasteiger partial charge >= 0.3 is 0 Å². The topological polar surface area (TPSA) is 46.6 Å². The number of rotatable bonds is 5. The third kappa shape index (κ3) is 3.45. The van der Waals surface area contributed by atoms with E-state index in [0.29, 0.717) is 5.56 Å². The molecule has 2 aromatic carbocycles. The summed E-state index contributed by atoms with van der Waals surface area (Å²) in [5, 5.41) is 0. The molecule has 2 aromatic rings. The molecule has 0 spiro atoms. The minimum atomic E-state index is -3.60. The molecule has 22 heavy (non-hydrogen) atoms. The van der Waals surface area contributed by atoms with Gasteiger partial charge in [0.15, 0.2) is 11.6 Å². The molecule has 0 radical (unpaired) electrons. The summed E-state index contributed by atoms with van der Waals surface area (Å²) >= 11 is 0. The minimum Gasteiger partial charge on any atom is -0.494 e. The van der Waals surface area contributed by atoms with E-state index in [1.807, 2.05) is 6.92 Å². The van der Waals surface area contributed by atoms with Crippen LogP contribution in [0, 0.1) is 12.7 Å². The van der Waals surface area contributed by atoms with Crippen molar-refractivity contribution in [3.63, 3.8) is 0 Å². The van der Waals surface area contributed by atoms with Crippen molar-refractivity contribution in [3.05, 3.63) is 59.4 Å².